The zero-order valence-electron chi connectivity index (χ0n) is 8.24. The van der Waals surface area contributed by atoms with Gasteiger partial charge in [-0.25, -0.2) is 22.0 Å². The molecular weight excluding hydrogens is 229 g/mol. The summed E-state index contributed by atoms with van der Waals surface area (Å²) < 4.78 is 64.4. The average molecular weight is 239 g/mol. The summed E-state index contributed by atoms with van der Waals surface area (Å²) in [4.78, 5) is 0. The number of nitrogens with two attached hydrogens (primary N) is 1. The summed E-state index contributed by atoms with van der Waals surface area (Å²) in [5, 5.41) is 0. The van der Waals surface area contributed by atoms with Crippen molar-refractivity contribution in [2.75, 3.05) is 6.54 Å². The summed E-state index contributed by atoms with van der Waals surface area (Å²) in [5.74, 6) is -7.15. The Hall–Kier alpha value is -1.17. The smallest absolute Gasteiger partial charge is 0.253 e. The van der Waals surface area contributed by atoms with E-state index in [1.807, 2.05) is 0 Å². The van der Waals surface area contributed by atoms with Crippen LogP contribution in [0.2, 0.25) is 0 Å². The number of hydrogen-bond donors (Lipinski definition) is 1. The molecule has 1 nitrogen and oxygen atoms in total. The molecule has 0 radical (unpaired) electrons. The molecule has 90 valence electrons. The molecule has 0 saturated heterocycles. The van der Waals surface area contributed by atoms with E-state index in [-0.39, 0.29) is 12.6 Å². The highest BCUT2D eigenvalue weighted by Gasteiger charge is 2.30. The Morgan fingerprint density at radius 1 is 1.00 bits per heavy atom. The van der Waals surface area contributed by atoms with Crippen LogP contribution in [0, 0.1) is 17.5 Å². The number of alkyl halides is 2. The zero-order valence-corrected chi connectivity index (χ0v) is 8.24. The molecule has 0 bridgehead atoms. The van der Waals surface area contributed by atoms with Gasteiger partial charge in [-0.1, -0.05) is 0 Å². The summed E-state index contributed by atoms with van der Waals surface area (Å²) >= 11 is 0. The normalized spacial score (nSPS) is 11.9. The van der Waals surface area contributed by atoms with Crippen LogP contribution in [0.4, 0.5) is 22.0 Å². The van der Waals surface area contributed by atoms with E-state index in [9.17, 15) is 22.0 Å². The van der Waals surface area contributed by atoms with Crippen molar-refractivity contribution in [3.05, 3.63) is 35.1 Å². The Labute approximate surface area is 89.1 Å². The van der Waals surface area contributed by atoms with Gasteiger partial charge in [-0.3, -0.25) is 0 Å². The molecule has 16 heavy (non-hydrogen) atoms. The van der Waals surface area contributed by atoms with Gasteiger partial charge in [0.05, 0.1) is 0 Å². The van der Waals surface area contributed by atoms with E-state index >= 15 is 0 Å². The van der Waals surface area contributed by atoms with Crippen molar-refractivity contribution in [1.82, 2.24) is 0 Å². The molecule has 0 aromatic heterocycles. The Bertz CT molecular complexity index is 378. The van der Waals surface area contributed by atoms with Gasteiger partial charge in [-0.15, -0.1) is 0 Å². The second-order valence-electron chi connectivity index (χ2n) is 3.43. The molecule has 1 rings (SSSR count). The van der Waals surface area contributed by atoms with Crippen LogP contribution in [0.3, 0.4) is 0 Å². The monoisotopic (exact) mass is 239 g/mol. The first kappa shape index (κ1) is 12.9. The van der Waals surface area contributed by atoms with Crippen molar-refractivity contribution < 1.29 is 22.0 Å². The lowest BCUT2D eigenvalue weighted by atomic mass is 10.0. The average Bonchev–Trinajstić information content (AvgIpc) is 2.13. The summed E-state index contributed by atoms with van der Waals surface area (Å²) in [7, 11) is 0. The van der Waals surface area contributed by atoms with E-state index in [4.69, 9.17) is 5.73 Å². The van der Waals surface area contributed by atoms with E-state index in [1.165, 1.54) is 0 Å². The molecule has 1 aromatic carbocycles. The highest BCUT2D eigenvalue weighted by Crippen LogP contribution is 2.25. The van der Waals surface area contributed by atoms with Crippen LogP contribution in [-0.2, 0) is 6.42 Å². The third-order valence-corrected chi connectivity index (χ3v) is 2.05. The van der Waals surface area contributed by atoms with Crippen LogP contribution in [0.1, 0.15) is 12.0 Å². The van der Waals surface area contributed by atoms with Crippen LogP contribution >= 0.6 is 0 Å². The molecule has 0 heterocycles. The maximum atomic E-state index is 13.1. The van der Waals surface area contributed by atoms with Crippen molar-refractivity contribution in [1.29, 1.82) is 0 Å². The molecule has 0 spiro atoms. The molecule has 0 atom stereocenters. The molecule has 1 aromatic rings. The fourth-order valence-corrected chi connectivity index (χ4v) is 1.28. The molecule has 0 fully saturated rings. The number of hydrogen-bond acceptors (Lipinski definition) is 1. The lowest BCUT2D eigenvalue weighted by molar-refractivity contribution is -0.00536. The largest absolute Gasteiger partial charge is 0.330 e. The molecule has 0 amide bonds. The lowest BCUT2D eigenvalue weighted by Crippen LogP contribution is -2.24. The second kappa shape index (κ2) is 4.78. The Morgan fingerprint density at radius 2 is 1.56 bits per heavy atom. The van der Waals surface area contributed by atoms with Crippen LogP contribution in [0.15, 0.2) is 12.1 Å². The quantitative estimate of drug-likeness (QED) is 0.634. The van der Waals surface area contributed by atoms with Gasteiger partial charge in [0.15, 0.2) is 11.6 Å². The fourth-order valence-electron chi connectivity index (χ4n) is 1.28. The standard InChI is InChI=1S/C10H10F5N/c11-7-4-9(13)8(12)3-6(7)5-10(14,15)1-2-16/h3-4H,1-2,5,16H2. The SMILES string of the molecule is NCCC(F)(F)Cc1cc(F)c(F)cc1F. The fraction of sp³-hybridized carbons (Fsp3) is 0.400. The van der Waals surface area contributed by atoms with Crippen molar-refractivity contribution in [2.24, 2.45) is 5.73 Å². The zero-order chi connectivity index (χ0) is 12.3. The third-order valence-electron chi connectivity index (χ3n) is 2.05. The highest BCUT2D eigenvalue weighted by atomic mass is 19.3. The Morgan fingerprint density at radius 3 is 2.12 bits per heavy atom. The molecule has 0 aliphatic rings. The summed E-state index contributed by atoms with van der Waals surface area (Å²) in [6.45, 7) is -0.266. The van der Waals surface area contributed by atoms with Gasteiger partial charge in [-0.05, 0) is 18.2 Å². The highest BCUT2D eigenvalue weighted by molar-refractivity contribution is 5.21. The van der Waals surface area contributed by atoms with Gasteiger partial charge in [0.25, 0.3) is 5.92 Å². The summed E-state index contributed by atoms with van der Waals surface area (Å²) in [5.41, 5.74) is 4.39. The number of halogens is 5. The minimum absolute atomic E-state index is 0.253. The van der Waals surface area contributed by atoms with Crippen molar-refractivity contribution in [2.45, 2.75) is 18.8 Å². The predicted octanol–water partition coefficient (Wildman–Crippen LogP) is 2.63. The minimum atomic E-state index is -3.22. The molecule has 0 unspecified atom stereocenters. The minimum Gasteiger partial charge on any atom is -0.330 e. The Balaban J connectivity index is 2.93. The molecule has 0 aliphatic heterocycles. The number of rotatable bonds is 4. The van der Waals surface area contributed by atoms with Gasteiger partial charge in [0.1, 0.15) is 5.82 Å². The van der Waals surface area contributed by atoms with Gasteiger partial charge >= 0.3 is 0 Å². The molecule has 0 saturated carbocycles. The van der Waals surface area contributed by atoms with Crippen LogP contribution in [0.5, 0.6) is 0 Å². The topological polar surface area (TPSA) is 26.0 Å². The van der Waals surface area contributed by atoms with Gasteiger partial charge in [0, 0.05) is 18.9 Å². The molecule has 6 heteroatoms. The van der Waals surface area contributed by atoms with E-state index < -0.39 is 41.8 Å². The maximum absolute atomic E-state index is 13.1. The van der Waals surface area contributed by atoms with Crippen LogP contribution in [-0.4, -0.2) is 12.5 Å². The summed E-state index contributed by atoms with van der Waals surface area (Å²) in [6.07, 6.45) is -1.63. The number of benzene rings is 1. The lowest BCUT2D eigenvalue weighted by Gasteiger charge is -2.15. The first-order chi connectivity index (χ1) is 7.35. The second-order valence-corrected chi connectivity index (χ2v) is 3.43. The van der Waals surface area contributed by atoms with Crippen molar-refractivity contribution >= 4 is 0 Å². The summed E-state index contributed by atoms with van der Waals surface area (Å²) in [6, 6.07) is 0.693. The van der Waals surface area contributed by atoms with Crippen molar-refractivity contribution in [3.63, 3.8) is 0 Å². The predicted molar refractivity (Wildman–Crippen MR) is 48.6 cm³/mol. The molecular formula is C10H10F5N. The van der Waals surface area contributed by atoms with Gasteiger partial charge in [-0.2, -0.15) is 0 Å². The maximum Gasteiger partial charge on any atom is 0.253 e. The van der Waals surface area contributed by atoms with Crippen LogP contribution in [0.25, 0.3) is 0 Å². The van der Waals surface area contributed by atoms with E-state index in [2.05, 4.69) is 0 Å². The first-order valence-corrected chi connectivity index (χ1v) is 4.57. The van der Waals surface area contributed by atoms with E-state index in [0.29, 0.717) is 6.07 Å². The Kier molecular flexibility index (Phi) is 3.85. The first-order valence-electron chi connectivity index (χ1n) is 4.57. The van der Waals surface area contributed by atoms with E-state index in [1.54, 1.807) is 0 Å². The molecule has 2 N–H and O–H groups in total. The van der Waals surface area contributed by atoms with Crippen molar-refractivity contribution in [3.8, 4) is 0 Å². The van der Waals surface area contributed by atoms with Gasteiger partial charge < -0.3 is 5.73 Å². The van der Waals surface area contributed by atoms with E-state index in [0.717, 1.165) is 0 Å². The van der Waals surface area contributed by atoms with Crippen LogP contribution < -0.4 is 5.73 Å². The third kappa shape index (κ3) is 3.16. The molecule has 0 aliphatic carbocycles. The van der Waals surface area contributed by atoms with Gasteiger partial charge in [0.2, 0.25) is 0 Å².